The number of para-hydroxylation sites is 1. The van der Waals surface area contributed by atoms with E-state index >= 15 is 0 Å². The zero-order chi connectivity index (χ0) is 45.1. The molecule has 13 rings (SSSR count). The van der Waals surface area contributed by atoms with Crippen LogP contribution in [0.25, 0.3) is 43.8 Å². The average Bonchev–Trinajstić information content (AvgIpc) is 3.96. The van der Waals surface area contributed by atoms with Crippen LogP contribution in [0, 0.1) is 0 Å². The van der Waals surface area contributed by atoms with E-state index in [1.54, 1.807) is 0 Å². The summed E-state index contributed by atoms with van der Waals surface area (Å²) in [7, 11) is -2.79. The smallest absolute Gasteiger partial charge is 0.179 e. The van der Waals surface area contributed by atoms with Crippen molar-refractivity contribution >= 4 is 78.6 Å². The van der Waals surface area contributed by atoms with E-state index in [1.165, 1.54) is 54.1 Å². The highest BCUT2D eigenvalue weighted by Gasteiger charge is 2.47. The van der Waals surface area contributed by atoms with Crippen molar-refractivity contribution in [2.24, 2.45) is 0 Å². The normalized spacial score (nSPS) is 12.8. The molecule has 1 aliphatic rings. The molecule has 0 N–H and O–H groups in total. The van der Waals surface area contributed by atoms with Gasteiger partial charge in [-0.2, -0.15) is 0 Å². The van der Waals surface area contributed by atoms with Crippen LogP contribution in [-0.2, 0) is 5.41 Å². The molecular weight excluding hydrogens is 839 g/mol. The van der Waals surface area contributed by atoms with Crippen molar-refractivity contribution in [1.82, 2.24) is 0 Å². The first-order valence-electron chi connectivity index (χ1n) is 23.5. The van der Waals surface area contributed by atoms with Gasteiger partial charge in [0.05, 0.1) is 11.1 Å². The molecule has 1 aliphatic carbocycles. The van der Waals surface area contributed by atoms with Crippen LogP contribution in [0.2, 0.25) is 0 Å². The van der Waals surface area contributed by atoms with Gasteiger partial charge in [-0.3, -0.25) is 0 Å². The second-order valence-electron chi connectivity index (χ2n) is 17.9. The molecule has 0 atom stereocenters. The quantitative estimate of drug-likeness (QED) is 0.106. The fourth-order valence-corrected chi connectivity index (χ4v) is 16.4. The van der Waals surface area contributed by atoms with Gasteiger partial charge in [0.1, 0.15) is 11.2 Å². The monoisotopic (exact) mass is 883 g/mol. The first-order chi connectivity index (χ1) is 33.7. The van der Waals surface area contributed by atoms with Gasteiger partial charge in [-0.05, 0) is 96.4 Å². The van der Waals surface area contributed by atoms with Crippen LogP contribution in [0.1, 0.15) is 22.3 Å². The van der Waals surface area contributed by atoms with Crippen LogP contribution < -0.4 is 25.6 Å². The SMILES string of the molecule is c1ccc(C2(c3ccccc3)c3ccccc3-c3c(N(c4ccc([Si](c5ccccc5)(c5ccccc5)c5ccccc5)cc4)c4ccc5ccc6c7ccccc7oc6c5c4)cccc32)cc1. The van der Waals surface area contributed by atoms with Gasteiger partial charge in [-0.1, -0.05) is 231 Å². The van der Waals surface area contributed by atoms with Crippen molar-refractivity contribution < 1.29 is 4.42 Å². The minimum Gasteiger partial charge on any atom is -0.455 e. The van der Waals surface area contributed by atoms with E-state index in [4.69, 9.17) is 4.42 Å². The molecule has 0 fully saturated rings. The lowest BCUT2D eigenvalue weighted by molar-refractivity contribution is 0.672. The van der Waals surface area contributed by atoms with Crippen molar-refractivity contribution in [2.45, 2.75) is 5.41 Å². The Labute approximate surface area is 397 Å². The number of fused-ring (bicyclic) bond motifs is 8. The topological polar surface area (TPSA) is 16.4 Å². The summed E-state index contributed by atoms with van der Waals surface area (Å²) in [6.07, 6.45) is 0. The van der Waals surface area contributed by atoms with E-state index in [0.29, 0.717) is 0 Å². The van der Waals surface area contributed by atoms with Gasteiger partial charge in [-0.25, -0.2) is 0 Å². The van der Waals surface area contributed by atoms with Gasteiger partial charge in [0.25, 0.3) is 0 Å². The Kier molecular flexibility index (Phi) is 9.45. The number of furan rings is 1. The standard InChI is InChI=1S/C65H45NOSi/c1-6-21-47(22-7-1)65(48-23-8-2-9-24-48)59-33-18-16-32-57(59)63-60(65)34-20-35-61(63)66(50-39-37-46-38-44-56-55-31-17-19-36-62(55)67-64(56)58(46)45-50)49-40-42-54(43-41-49)68(51-25-10-3-11-26-51,52-27-12-4-13-28-52)53-29-14-5-15-30-53/h1-45H. The van der Waals surface area contributed by atoms with Crippen molar-refractivity contribution in [3.63, 3.8) is 0 Å². The Hall–Kier alpha value is -8.50. The predicted molar refractivity (Wildman–Crippen MR) is 287 cm³/mol. The fourth-order valence-electron chi connectivity index (χ4n) is 11.6. The Morgan fingerprint density at radius 3 is 1.49 bits per heavy atom. The van der Waals surface area contributed by atoms with E-state index in [-0.39, 0.29) is 0 Å². The molecule has 11 aromatic carbocycles. The van der Waals surface area contributed by atoms with Crippen LogP contribution in [-0.4, -0.2) is 8.07 Å². The summed E-state index contributed by atoms with van der Waals surface area (Å²) in [5.41, 5.74) is 12.0. The van der Waals surface area contributed by atoms with Gasteiger partial charge in [0.2, 0.25) is 0 Å². The number of hydrogen-bond donors (Lipinski definition) is 0. The Morgan fingerprint density at radius 1 is 0.353 bits per heavy atom. The molecule has 0 spiro atoms. The minimum atomic E-state index is -2.79. The zero-order valence-electron chi connectivity index (χ0n) is 37.3. The van der Waals surface area contributed by atoms with E-state index < -0.39 is 13.5 Å². The molecule has 12 aromatic rings. The number of hydrogen-bond acceptors (Lipinski definition) is 2. The maximum atomic E-state index is 6.72. The van der Waals surface area contributed by atoms with E-state index in [9.17, 15) is 0 Å². The highest BCUT2D eigenvalue weighted by molar-refractivity contribution is 7.19. The van der Waals surface area contributed by atoms with Crippen molar-refractivity contribution in [2.75, 3.05) is 4.90 Å². The highest BCUT2D eigenvalue weighted by Crippen LogP contribution is 2.59. The lowest BCUT2D eigenvalue weighted by Gasteiger charge is -2.35. The number of rotatable bonds is 9. The summed E-state index contributed by atoms with van der Waals surface area (Å²) in [6, 6.07) is 101. The maximum Gasteiger partial charge on any atom is 0.179 e. The van der Waals surface area contributed by atoms with Gasteiger partial charge < -0.3 is 9.32 Å². The molecule has 0 saturated heterocycles. The number of anilines is 3. The van der Waals surface area contributed by atoms with Gasteiger partial charge in [0.15, 0.2) is 8.07 Å². The third kappa shape index (κ3) is 5.96. The number of benzene rings is 11. The second kappa shape index (κ2) is 16.1. The summed E-state index contributed by atoms with van der Waals surface area (Å²) in [4.78, 5) is 2.49. The molecule has 0 saturated carbocycles. The van der Waals surface area contributed by atoms with Crippen LogP contribution >= 0.6 is 0 Å². The van der Waals surface area contributed by atoms with E-state index in [1.807, 2.05) is 6.07 Å². The van der Waals surface area contributed by atoms with Gasteiger partial charge in [-0.15, -0.1) is 0 Å². The van der Waals surface area contributed by atoms with Crippen molar-refractivity contribution in [1.29, 1.82) is 0 Å². The molecule has 320 valence electrons. The summed E-state index contributed by atoms with van der Waals surface area (Å²) < 4.78 is 6.72. The Balaban J connectivity index is 1.09. The predicted octanol–water partition coefficient (Wildman–Crippen LogP) is 13.9. The molecule has 0 amide bonds. The van der Waals surface area contributed by atoms with Crippen LogP contribution in [0.4, 0.5) is 17.1 Å². The van der Waals surface area contributed by atoms with Crippen LogP contribution in [0.5, 0.6) is 0 Å². The molecule has 1 heterocycles. The first-order valence-corrected chi connectivity index (χ1v) is 25.5. The molecule has 0 radical (unpaired) electrons. The summed E-state index contributed by atoms with van der Waals surface area (Å²) in [5, 5.41) is 9.83. The maximum absolute atomic E-state index is 6.72. The fraction of sp³-hybridized carbons (Fsp3) is 0.0154. The zero-order valence-corrected chi connectivity index (χ0v) is 38.3. The van der Waals surface area contributed by atoms with E-state index in [0.717, 1.165) is 49.8 Å². The summed E-state index contributed by atoms with van der Waals surface area (Å²) in [5.74, 6) is 0. The third-order valence-electron chi connectivity index (χ3n) is 14.5. The first kappa shape index (κ1) is 39.8. The molecule has 68 heavy (non-hydrogen) atoms. The van der Waals surface area contributed by atoms with Crippen molar-refractivity contribution in [3.05, 3.63) is 295 Å². The summed E-state index contributed by atoms with van der Waals surface area (Å²) >= 11 is 0. The highest BCUT2D eigenvalue weighted by atomic mass is 28.3. The van der Waals surface area contributed by atoms with Gasteiger partial charge >= 0.3 is 0 Å². The van der Waals surface area contributed by atoms with Crippen LogP contribution in [0.15, 0.2) is 277 Å². The molecular formula is C65H45NOSi. The number of nitrogens with zero attached hydrogens (tertiary/aromatic N) is 1. The van der Waals surface area contributed by atoms with E-state index in [2.05, 4.69) is 272 Å². The Bertz CT molecular complexity index is 3640. The Morgan fingerprint density at radius 2 is 0.853 bits per heavy atom. The third-order valence-corrected chi connectivity index (χ3v) is 19.3. The lowest BCUT2D eigenvalue weighted by Crippen LogP contribution is -2.74. The van der Waals surface area contributed by atoms with Crippen molar-refractivity contribution in [3.8, 4) is 11.1 Å². The molecule has 3 heteroatoms. The lowest BCUT2D eigenvalue weighted by atomic mass is 9.68. The van der Waals surface area contributed by atoms with Gasteiger partial charge in [0, 0.05) is 33.1 Å². The second-order valence-corrected chi connectivity index (χ2v) is 21.7. The average molecular weight is 884 g/mol. The van der Waals surface area contributed by atoms with Crippen LogP contribution in [0.3, 0.4) is 0 Å². The molecule has 0 unspecified atom stereocenters. The largest absolute Gasteiger partial charge is 0.455 e. The minimum absolute atomic E-state index is 0.546. The molecule has 0 bridgehead atoms. The molecule has 0 aliphatic heterocycles. The summed E-state index contributed by atoms with van der Waals surface area (Å²) in [6.45, 7) is 0. The molecule has 2 nitrogen and oxygen atoms in total. The molecule has 1 aromatic heterocycles.